The van der Waals surface area contributed by atoms with Gasteiger partial charge in [0.2, 0.25) is 0 Å². The third kappa shape index (κ3) is 2.90. The lowest BCUT2D eigenvalue weighted by molar-refractivity contribution is 0.573. The monoisotopic (exact) mass is 229 g/mol. The summed E-state index contributed by atoms with van der Waals surface area (Å²) < 4.78 is 0. The van der Waals surface area contributed by atoms with E-state index in [2.05, 4.69) is 27.3 Å². The molecule has 0 fully saturated rings. The molecular weight excluding hydrogens is 214 g/mol. The number of tetrazole rings is 1. The van der Waals surface area contributed by atoms with E-state index in [4.69, 9.17) is 0 Å². The van der Waals surface area contributed by atoms with Gasteiger partial charge in [0.15, 0.2) is 0 Å². The van der Waals surface area contributed by atoms with E-state index < -0.39 is 0 Å². The number of nitrogens with one attached hydrogen (secondary N) is 1. The van der Waals surface area contributed by atoms with Crippen LogP contribution in [0.1, 0.15) is 18.1 Å². The fourth-order valence-corrected chi connectivity index (χ4v) is 1.46. The molecule has 0 aliphatic heterocycles. The summed E-state index contributed by atoms with van der Waals surface area (Å²) in [6, 6.07) is 8.11. The van der Waals surface area contributed by atoms with Crippen LogP contribution in [-0.4, -0.2) is 26.8 Å². The maximum absolute atomic E-state index is 4.20. The minimum atomic E-state index is 0.565. The number of rotatable bonds is 5. The van der Waals surface area contributed by atoms with Crippen LogP contribution in [0.2, 0.25) is 0 Å². The fourth-order valence-electron chi connectivity index (χ4n) is 1.46. The molecule has 1 aromatic heterocycles. The van der Waals surface area contributed by atoms with Gasteiger partial charge >= 0.3 is 0 Å². The van der Waals surface area contributed by atoms with Crippen LogP contribution >= 0.6 is 0 Å². The van der Waals surface area contributed by atoms with Crippen molar-refractivity contribution in [2.24, 2.45) is 0 Å². The zero-order valence-corrected chi connectivity index (χ0v) is 9.80. The molecule has 0 spiro atoms. The zero-order valence-electron chi connectivity index (χ0n) is 9.80. The van der Waals surface area contributed by atoms with Gasteiger partial charge in [-0.2, -0.15) is 4.80 Å². The Hall–Kier alpha value is -2.17. The maximum atomic E-state index is 4.20. The Bertz CT molecular complexity index is 486. The average molecular weight is 229 g/mol. The first kappa shape index (κ1) is 11.3. The summed E-state index contributed by atoms with van der Waals surface area (Å²) in [6.07, 6.45) is 1.82. The van der Waals surface area contributed by atoms with Crippen LogP contribution in [0.4, 0.5) is 5.95 Å². The minimum Gasteiger partial charge on any atom is -0.352 e. The lowest BCUT2D eigenvalue weighted by Gasteiger charge is -2.00. The first-order valence-electron chi connectivity index (χ1n) is 5.55. The number of hydrogen-bond acceptors (Lipinski definition) is 4. The molecule has 0 saturated carbocycles. The van der Waals surface area contributed by atoms with Crippen LogP contribution in [-0.2, 0) is 6.54 Å². The molecule has 2 aromatic rings. The van der Waals surface area contributed by atoms with Gasteiger partial charge in [0, 0.05) is 6.54 Å². The van der Waals surface area contributed by atoms with Gasteiger partial charge in [-0.05, 0) is 23.3 Å². The largest absolute Gasteiger partial charge is 0.352 e. The molecule has 5 heteroatoms. The van der Waals surface area contributed by atoms with Crippen molar-refractivity contribution in [2.45, 2.75) is 13.5 Å². The molecule has 5 nitrogen and oxygen atoms in total. The lowest BCUT2D eigenvalue weighted by Crippen LogP contribution is -2.05. The average Bonchev–Trinajstić information content (AvgIpc) is 2.78. The molecule has 1 heterocycles. The molecule has 88 valence electrons. The predicted octanol–water partition coefficient (Wildman–Crippen LogP) is 1.80. The Kier molecular flexibility index (Phi) is 3.49. The quantitative estimate of drug-likeness (QED) is 0.849. The first-order valence-corrected chi connectivity index (χ1v) is 5.55. The lowest BCUT2D eigenvalue weighted by atomic mass is 10.1. The summed E-state index contributed by atoms with van der Waals surface area (Å²) in [5, 5.41) is 15.1. The van der Waals surface area contributed by atoms with E-state index in [0.29, 0.717) is 12.5 Å². The van der Waals surface area contributed by atoms with Gasteiger partial charge in [-0.25, -0.2) is 0 Å². The second-order valence-corrected chi connectivity index (χ2v) is 3.62. The van der Waals surface area contributed by atoms with Crippen LogP contribution in [0.25, 0.3) is 6.08 Å². The summed E-state index contributed by atoms with van der Waals surface area (Å²) in [5.74, 6) is 0.565. The number of nitrogens with zero attached hydrogens (tertiary/aromatic N) is 4. The van der Waals surface area contributed by atoms with E-state index in [1.807, 2.05) is 37.3 Å². The van der Waals surface area contributed by atoms with E-state index in [9.17, 15) is 0 Å². The van der Waals surface area contributed by atoms with Gasteiger partial charge in [0.25, 0.3) is 5.95 Å². The summed E-state index contributed by atoms with van der Waals surface area (Å²) in [4.78, 5) is 1.57. The molecule has 0 bridgehead atoms. The SMILES string of the molecule is C=Cc1ccc(Cn2nnc(NCC)n2)cc1. The van der Waals surface area contributed by atoms with Crippen LogP contribution < -0.4 is 5.32 Å². The van der Waals surface area contributed by atoms with Crippen LogP contribution in [0.3, 0.4) is 0 Å². The van der Waals surface area contributed by atoms with Crippen molar-refractivity contribution < 1.29 is 0 Å². The predicted molar refractivity (Wildman–Crippen MR) is 67.6 cm³/mol. The standard InChI is InChI=1S/C12H15N5/c1-3-10-5-7-11(8-6-10)9-17-15-12(13-4-2)14-16-17/h3,5-8H,1,4,9H2,2H3,(H,13,15). The molecule has 1 N–H and O–H groups in total. The number of benzene rings is 1. The Labute approximate surface area is 100 Å². The fraction of sp³-hybridized carbons (Fsp3) is 0.250. The number of aromatic nitrogens is 4. The molecule has 0 radical (unpaired) electrons. The second-order valence-electron chi connectivity index (χ2n) is 3.62. The van der Waals surface area contributed by atoms with Gasteiger partial charge in [0.05, 0.1) is 6.54 Å². The summed E-state index contributed by atoms with van der Waals surface area (Å²) >= 11 is 0. The van der Waals surface area contributed by atoms with E-state index in [-0.39, 0.29) is 0 Å². The maximum Gasteiger partial charge on any atom is 0.263 e. The highest BCUT2D eigenvalue weighted by Gasteiger charge is 2.01. The highest BCUT2D eigenvalue weighted by atomic mass is 15.6. The molecule has 0 aliphatic rings. The third-order valence-electron chi connectivity index (χ3n) is 2.33. The molecule has 0 amide bonds. The normalized spacial score (nSPS) is 10.2. The summed E-state index contributed by atoms with van der Waals surface area (Å²) in [5.41, 5.74) is 2.24. The molecule has 0 aliphatic carbocycles. The van der Waals surface area contributed by atoms with Gasteiger partial charge in [-0.1, -0.05) is 42.0 Å². The van der Waals surface area contributed by atoms with Crippen LogP contribution in [0.15, 0.2) is 30.8 Å². The van der Waals surface area contributed by atoms with E-state index in [1.54, 1.807) is 4.80 Å². The van der Waals surface area contributed by atoms with Crippen molar-refractivity contribution in [1.82, 2.24) is 20.2 Å². The smallest absolute Gasteiger partial charge is 0.263 e. The molecule has 0 atom stereocenters. The van der Waals surface area contributed by atoms with Crippen LogP contribution in [0.5, 0.6) is 0 Å². The van der Waals surface area contributed by atoms with Crippen molar-refractivity contribution in [3.05, 3.63) is 42.0 Å². The van der Waals surface area contributed by atoms with E-state index in [0.717, 1.165) is 17.7 Å². The first-order chi connectivity index (χ1) is 8.31. The van der Waals surface area contributed by atoms with Gasteiger partial charge in [0.1, 0.15) is 0 Å². The van der Waals surface area contributed by atoms with E-state index >= 15 is 0 Å². The molecule has 1 aromatic carbocycles. The number of anilines is 1. The van der Waals surface area contributed by atoms with E-state index in [1.165, 1.54) is 0 Å². The molecule has 2 rings (SSSR count). The Balaban J connectivity index is 2.05. The Morgan fingerprint density at radius 3 is 2.76 bits per heavy atom. The molecule has 0 saturated heterocycles. The van der Waals surface area contributed by atoms with Gasteiger partial charge in [-0.3, -0.25) is 0 Å². The van der Waals surface area contributed by atoms with Gasteiger partial charge < -0.3 is 5.32 Å². The van der Waals surface area contributed by atoms with Crippen molar-refractivity contribution in [3.63, 3.8) is 0 Å². The highest BCUT2D eigenvalue weighted by Crippen LogP contribution is 2.06. The van der Waals surface area contributed by atoms with Crippen molar-refractivity contribution in [1.29, 1.82) is 0 Å². The summed E-state index contributed by atoms with van der Waals surface area (Å²) in [7, 11) is 0. The van der Waals surface area contributed by atoms with Crippen molar-refractivity contribution >= 4 is 12.0 Å². The Morgan fingerprint density at radius 2 is 2.12 bits per heavy atom. The highest BCUT2D eigenvalue weighted by molar-refractivity contribution is 5.47. The topological polar surface area (TPSA) is 55.6 Å². The molecule has 0 unspecified atom stereocenters. The van der Waals surface area contributed by atoms with Crippen molar-refractivity contribution in [2.75, 3.05) is 11.9 Å². The minimum absolute atomic E-state index is 0.565. The molecule has 17 heavy (non-hydrogen) atoms. The summed E-state index contributed by atoms with van der Waals surface area (Å²) in [6.45, 7) is 7.13. The zero-order chi connectivity index (χ0) is 12.1. The molecular formula is C12H15N5. The number of hydrogen-bond donors (Lipinski definition) is 1. The third-order valence-corrected chi connectivity index (χ3v) is 2.33. The second kappa shape index (κ2) is 5.25. The van der Waals surface area contributed by atoms with Crippen molar-refractivity contribution in [3.8, 4) is 0 Å². The van der Waals surface area contributed by atoms with Gasteiger partial charge in [-0.15, -0.1) is 5.10 Å². The Morgan fingerprint density at radius 1 is 1.35 bits per heavy atom. The van der Waals surface area contributed by atoms with Crippen LogP contribution in [0, 0.1) is 0 Å².